The van der Waals surface area contributed by atoms with Crippen LogP contribution in [0.15, 0.2) is 52.1 Å². The van der Waals surface area contributed by atoms with Crippen LogP contribution < -0.4 is 0 Å². The van der Waals surface area contributed by atoms with Crippen LogP contribution in [0.5, 0.6) is 0 Å². The molecule has 1 aromatic heterocycles. The van der Waals surface area contributed by atoms with E-state index in [0.29, 0.717) is 23.2 Å². The zero-order valence-corrected chi connectivity index (χ0v) is 12.0. The highest BCUT2D eigenvalue weighted by molar-refractivity contribution is 7.91. The highest BCUT2D eigenvalue weighted by Crippen LogP contribution is 2.31. The summed E-state index contributed by atoms with van der Waals surface area (Å²) in [5, 5.41) is 1.80. The van der Waals surface area contributed by atoms with Gasteiger partial charge in [0.15, 0.2) is 0 Å². The minimum Gasteiger partial charge on any atom is -0.206 e. The normalized spacial score (nSPS) is 20.7. The van der Waals surface area contributed by atoms with Crippen LogP contribution in [-0.2, 0) is 10.0 Å². The van der Waals surface area contributed by atoms with Crippen LogP contribution in [0.2, 0.25) is 0 Å². The van der Waals surface area contributed by atoms with Gasteiger partial charge in [0.2, 0.25) is 0 Å². The van der Waals surface area contributed by atoms with E-state index >= 15 is 0 Å². The number of nitrogens with zero attached hydrogens (tertiary/aromatic N) is 1. The molecule has 1 atom stereocenters. The molecule has 0 saturated carbocycles. The van der Waals surface area contributed by atoms with Crippen LogP contribution in [0.1, 0.15) is 17.9 Å². The Kier molecular flexibility index (Phi) is 3.43. The maximum Gasteiger partial charge on any atom is 0.252 e. The topological polar surface area (TPSA) is 37.4 Å². The van der Waals surface area contributed by atoms with Crippen LogP contribution in [0, 0.1) is 0 Å². The largest absolute Gasteiger partial charge is 0.252 e. The minimum atomic E-state index is -3.28. The van der Waals surface area contributed by atoms with Crippen molar-refractivity contribution in [2.75, 3.05) is 13.1 Å². The zero-order chi connectivity index (χ0) is 13.3. The predicted molar refractivity (Wildman–Crippen MR) is 76.9 cm³/mol. The minimum absolute atomic E-state index is 0.316. The first kappa shape index (κ1) is 12.8. The van der Waals surface area contributed by atoms with E-state index in [1.807, 2.05) is 18.2 Å². The molecular formula is C14H15NO2S2. The molecule has 1 saturated heterocycles. The summed E-state index contributed by atoms with van der Waals surface area (Å²) in [6, 6.07) is 13.6. The van der Waals surface area contributed by atoms with Crippen molar-refractivity contribution < 1.29 is 8.42 Å². The molecule has 3 rings (SSSR count). The summed E-state index contributed by atoms with van der Waals surface area (Å²) in [6.07, 6.45) is 0.897. The van der Waals surface area contributed by atoms with Crippen LogP contribution in [0.25, 0.3) is 0 Å². The Morgan fingerprint density at radius 1 is 1.11 bits per heavy atom. The van der Waals surface area contributed by atoms with Gasteiger partial charge in [0, 0.05) is 13.1 Å². The number of sulfonamides is 1. The molecule has 0 amide bonds. The van der Waals surface area contributed by atoms with Gasteiger partial charge in [0.1, 0.15) is 4.21 Å². The fourth-order valence-corrected chi connectivity index (χ4v) is 5.13. The Balaban J connectivity index is 1.80. The third-order valence-corrected chi connectivity index (χ3v) is 6.75. The number of hydrogen-bond acceptors (Lipinski definition) is 3. The standard InChI is InChI=1S/C14H15NO2S2/c16-19(17,14-7-4-10-18-14)15-9-8-13(11-15)12-5-2-1-3-6-12/h1-7,10,13H,8-9,11H2/t13-/m0/s1. The number of thiophene rings is 1. The number of hydrogen-bond donors (Lipinski definition) is 0. The van der Waals surface area contributed by atoms with Gasteiger partial charge >= 0.3 is 0 Å². The Labute approximate surface area is 117 Å². The Morgan fingerprint density at radius 2 is 1.89 bits per heavy atom. The monoisotopic (exact) mass is 293 g/mol. The molecule has 0 N–H and O–H groups in total. The van der Waals surface area contributed by atoms with Gasteiger partial charge in [0.05, 0.1) is 0 Å². The van der Waals surface area contributed by atoms with E-state index in [1.165, 1.54) is 16.9 Å². The van der Waals surface area contributed by atoms with Gasteiger partial charge in [-0.25, -0.2) is 8.42 Å². The smallest absolute Gasteiger partial charge is 0.206 e. The molecular weight excluding hydrogens is 278 g/mol. The Hall–Kier alpha value is -1.17. The van der Waals surface area contributed by atoms with Gasteiger partial charge in [0.25, 0.3) is 10.0 Å². The van der Waals surface area contributed by atoms with Gasteiger partial charge in [-0.2, -0.15) is 4.31 Å². The molecule has 2 heterocycles. The second-order valence-electron chi connectivity index (χ2n) is 4.69. The molecule has 3 nitrogen and oxygen atoms in total. The Morgan fingerprint density at radius 3 is 2.58 bits per heavy atom. The van der Waals surface area contributed by atoms with E-state index in [0.717, 1.165) is 6.42 Å². The molecule has 5 heteroatoms. The average molecular weight is 293 g/mol. The Bertz CT molecular complexity index is 635. The third-order valence-electron chi connectivity index (χ3n) is 3.51. The third kappa shape index (κ3) is 2.45. The number of benzene rings is 1. The summed E-state index contributed by atoms with van der Waals surface area (Å²) < 4.78 is 26.9. The highest BCUT2D eigenvalue weighted by Gasteiger charge is 2.33. The second kappa shape index (κ2) is 5.07. The first-order chi connectivity index (χ1) is 9.18. The van der Waals surface area contributed by atoms with Crippen LogP contribution in [0.3, 0.4) is 0 Å². The molecule has 0 radical (unpaired) electrons. The van der Waals surface area contributed by atoms with Crippen molar-refractivity contribution in [2.24, 2.45) is 0 Å². The molecule has 1 aliphatic rings. The van der Waals surface area contributed by atoms with E-state index in [4.69, 9.17) is 0 Å². The van der Waals surface area contributed by atoms with E-state index in [9.17, 15) is 8.42 Å². The number of rotatable bonds is 3. The molecule has 0 aliphatic carbocycles. The molecule has 19 heavy (non-hydrogen) atoms. The summed E-state index contributed by atoms with van der Waals surface area (Å²) >= 11 is 1.28. The SMILES string of the molecule is O=S(=O)(c1cccs1)N1CC[C@H](c2ccccc2)C1. The summed E-state index contributed by atoms with van der Waals surface area (Å²) in [6.45, 7) is 1.20. The van der Waals surface area contributed by atoms with Gasteiger partial charge in [-0.1, -0.05) is 36.4 Å². The fraction of sp³-hybridized carbons (Fsp3) is 0.286. The lowest BCUT2D eigenvalue weighted by Crippen LogP contribution is -2.28. The quantitative estimate of drug-likeness (QED) is 0.872. The average Bonchev–Trinajstić information content (AvgIpc) is 3.12. The molecule has 0 spiro atoms. The summed E-state index contributed by atoms with van der Waals surface area (Å²) in [5.41, 5.74) is 1.23. The fourth-order valence-electron chi connectivity index (χ4n) is 2.48. The molecule has 1 aliphatic heterocycles. The van der Waals surface area contributed by atoms with E-state index < -0.39 is 10.0 Å². The second-order valence-corrected chi connectivity index (χ2v) is 7.80. The highest BCUT2D eigenvalue weighted by atomic mass is 32.2. The molecule has 100 valence electrons. The van der Waals surface area contributed by atoms with Crippen molar-refractivity contribution in [3.05, 3.63) is 53.4 Å². The van der Waals surface area contributed by atoms with E-state index in [-0.39, 0.29) is 0 Å². The van der Waals surface area contributed by atoms with Crippen LogP contribution in [0.4, 0.5) is 0 Å². The van der Waals surface area contributed by atoms with Crippen molar-refractivity contribution in [1.29, 1.82) is 0 Å². The van der Waals surface area contributed by atoms with E-state index in [1.54, 1.807) is 21.8 Å². The zero-order valence-electron chi connectivity index (χ0n) is 10.4. The molecule has 2 aromatic rings. The molecule has 0 unspecified atom stereocenters. The molecule has 0 bridgehead atoms. The van der Waals surface area contributed by atoms with Crippen molar-refractivity contribution in [1.82, 2.24) is 4.31 Å². The summed E-state index contributed by atoms with van der Waals surface area (Å²) in [5.74, 6) is 0.316. The van der Waals surface area contributed by atoms with Gasteiger partial charge < -0.3 is 0 Å². The predicted octanol–water partition coefficient (Wildman–Crippen LogP) is 2.93. The molecule has 1 aromatic carbocycles. The van der Waals surface area contributed by atoms with E-state index in [2.05, 4.69) is 12.1 Å². The lowest BCUT2D eigenvalue weighted by atomic mass is 9.99. The lowest BCUT2D eigenvalue weighted by Gasteiger charge is -2.15. The summed E-state index contributed by atoms with van der Waals surface area (Å²) in [4.78, 5) is 0. The van der Waals surface area contributed by atoms with Crippen molar-refractivity contribution in [3.8, 4) is 0 Å². The van der Waals surface area contributed by atoms with Crippen LogP contribution in [-0.4, -0.2) is 25.8 Å². The molecule has 1 fully saturated rings. The maximum absolute atomic E-state index is 12.4. The van der Waals surface area contributed by atoms with Crippen LogP contribution >= 0.6 is 11.3 Å². The van der Waals surface area contributed by atoms with Crippen molar-refractivity contribution in [3.63, 3.8) is 0 Å². The first-order valence-corrected chi connectivity index (χ1v) is 8.58. The van der Waals surface area contributed by atoms with Crippen molar-refractivity contribution in [2.45, 2.75) is 16.5 Å². The first-order valence-electron chi connectivity index (χ1n) is 6.26. The van der Waals surface area contributed by atoms with Gasteiger partial charge in [-0.3, -0.25) is 0 Å². The van der Waals surface area contributed by atoms with Crippen molar-refractivity contribution >= 4 is 21.4 Å². The van der Waals surface area contributed by atoms with Gasteiger partial charge in [-0.15, -0.1) is 11.3 Å². The van der Waals surface area contributed by atoms with Gasteiger partial charge in [-0.05, 0) is 29.3 Å². The lowest BCUT2D eigenvalue weighted by molar-refractivity contribution is 0.474. The summed E-state index contributed by atoms with van der Waals surface area (Å²) in [7, 11) is -3.28. The maximum atomic E-state index is 12.4.